The Hall–Kier alpha value is -1.72. The standard InChI is InChI=1S/C33H52O4/c1-9-22(5)26-13-15-28(24(7)11-3)30(17-26)33(37,32(19-34,20-35)21-36)31-18-27(23(6)10-2)14-16-29(31)25(8)12-4/h13-18,22-25,34-37H,9-12,19-21H2,1-8H3. The van der Waals surface area contributed by atoms with Gasteiger partial charge in [-0.3, -0.25) is 0 Å². The first-order valence-corrected chi connectivity index (χ1v) is 14.4. The Morgan fingerprint density at radius 1 is 0.568 bits per heavy atom. The third-order valence-electron chi connectivity index (χ3n) is 9.26. The van der Waals surface area contributed by atoms with Crippen LogP contribution in [0.1, 0.15) is 138 Å². The number of hydrogen-bond acceptors (Lipinski definition) is 4. The Bertz CT molecular complexity index is 918. The SMILES string of the molecule is CCC(C)c1ccc(C(C)CC)c(C(O)(c2cc(C(C)CC)ccc2C(C)CC)C(CO)(CO)CO)c1. The molecule has 0 saturated carbocycles. The van der Waals surface area contributed by atoms with Crippen molar-refractivity contribution in [2.75, 3.05) is 19.8 Å². The predicted molar refractivity (Wildman–Crippen MR) is 154 cm³/mol. The molecule has 0 radical (unpaired) electrons. The average molecular weight is 513 g/mol. The summed E-state index contributed by atoms with van der Waals surface area (Å²) in [6.45, 7) is 15.5. The third kappa shape index (κ3) is 5.83. The summed E-state index contributed by atoms with van der Waals surface area (Å²) < 4.78 is 0. The molecule has 2 aromatic carbocycles. The molecular weight excluding hydrogens is 460 g/mol. The molecule has 0 amide bonds. The molecule has 4 heteroatoms. The molecule has 0 heterocycles. The molecule has 4 unspecified atom stereocenters. The lowest BCUT2D eigenvalue weighted by molar-refractivity contribution is -0.137. The van der Waals surface area contributed by atoms with Gasteiger partial charge in [0.2, 0.25) is 0 Å². The summed E-state index contributed by atoms with van der Waals surface area (Å²) in [6.07, 6.45) is 3.66. The highest BCUT2D eigenvalue weighted by molar-refractivity contribution is 5.52. The summed E-state index contributed by atoms with van der Waals surface area (Å²) in [5.74, 6) is 0.847. The van der Waals surface area contributed by atoms with Gasteiger partial charge >= 0.3 is 0 Å². The Balaban J connectivity index is 3.17. The number of aliphatic hydroxyl groups is 4. The largest absolute Gasteiger partial charge is 0.395 e. The summed E-state index contributed by atoms with van der Waals surface area (Å²) in [5.41, 5.74) is 2.16. The van der Waals surface area contributed by atoms with Gasteiger partial charge in [0, 0.05) is 0 Å². The van der Waals surface area contributed by atoms with Crippen molar-refractivity contribution in [1.82, 2.24) is 0 Å². The summed E-state index contributed by atoms with van der Waals surface area (Å²) >= 11 is 0. The van der Waals surface area contributed by atoms with Gasteiger partial charge in [0.05, 0.1) is 25.2 Å². The first-order valence-electron chi connectivity index (χ1n) is 14.4. The Labute approximate surface area is 225 Å². The van der Waals surface area contributed by atoms with Crippen LogP contribution in [0, 0.1) is 5.41 Å². The van der Waals surface area contributed by atoms with Crippen LogP contribution in [0.5, 0.6) is 0 Å². The van der Waals surface area contributed by atoms with Gasteiger partial charge in [0.1, 0.15) is 5.60 Å². The van der Waals surface area contributed by atoms with Gasteiger partial charge in [-0.2, -0.15) is 0 Å². The Morgan fingerprint density at radius 2 is 0.892 bits per heavy atom. The molecule has 0 aromatic heterocycles. The maximum atomic E-state index is 13.2. The second-order valence-electron chi connectivity index (χ2n) is 11.4. The maximum Gasteiger partial charge on any atom is 0.127 e. The van der Waals surface area contributed by atoms with Gasteiger partial charge in [-0.1, -0.05) is 91.8 Å². The molecule has 0 bridgehead atoms. The summed E-state index contributed by atoms with van der Waals surface area (Å²) in [5, 5.41) is 45.5. The molecule has 0 fully saturated rings. The van der Waals surface area contributed by atoms with E-state index in [0.29, 0.717) is 11.1 Å². The van der Waals surface area contributed by atoms with Crippen molar-refractivity contribution in [1.29, 1.82) is 0 Å². The quantitative estimate of drug-likeness (QED) is 0.221. The lowest BCUT2D eigenvalue weighted by atomic mass is 9.61. The molecule has 37 heavy (non-hydrogen) atoms. The molecule has 208 valence electrons. The molecule has 0 aliphatic carbocycles. The minimum Gasteiger partial charge on any atom is -0.395 e. The topological polar surface area (TPSA) is 80.9 Å². The predicted octanol–water partition coefficient (Wildman–Crippen LogP) is 6.94. The molecule has 4 atom stereocenters. The van der Waals surface area contributed by atoms with Gasteiger partial charge in [-0.25, -0.2) is 0 Å². The first kappa shape index (κ1) is 31.5. The van der Waals surface area contributed by atoms with E-state index >= 15 is 0 Å². The van der Waals surface area contributed by atoms with Crippen LogP contribution in [-0.2, 0) is 5.60 Å². The summed E-state index contributed by atoms with van der Waals surface area (Å²) in [7, 11) is 0. The van der Waals surface area contributed by atoms with Crippen molar-refractivity contribution >= 4 is 0 Å². The van der Waals surface area contributed by atoms with E-state index in [-0.39, 0.29) is 23.7 Å². The van der Waals surface area contributed by atoms with Crippen LogP contribution < -0.4 is 0 Å². The Kier molecular flexibility index (Phi) is 11.4. The smallest absolute Gasteiger partial charge is 0.127 e. The van der Waals surface area contributed by atoms with Crippen molar-refractivity contribution in [3.8, 4) is 0 Å². The molecule has 0 aliphatic heterocycles. The number of aliphatic hydroxyl groups excluding tert-OH is 3. The summed E-state index contributed by atoms with van der Waals surface area (Å²) in [6, 6.07) is 12.6. The zero-order chi connectivity index (χ0) is 28.0. The fourth-order valence-electron chi connectivity index (χ4n) is 5.37. The molecule has 2 rings (SSSR count). The second kappa shape index (κ2) is 13.4. The monoisotopic (exact) mass is 512 g/mol. The van der Waals surface area contributed by atoms with E-state index < -0.39 is 30.8 Å². The van der Waals surface area contributed by atoms with Crippen molar-refractivity contribution in [3.05, 3.63) is 69.8 Å². The van der Waals surface area contributed by atoms with Crippen LogP contribution in [-0.4, -0.2) is 40.2 Å². The minimum absolute atomic E-state index is 0.145. The van der Waals surface area contributed by atoms with Crippen molar-refractivity contribution in [2.24, 2.45) is 5.41 Å². The van der Waals surface area contributed by atoms with Crippen LogP contribution in [0.3, 0.4) is 0 Å². The van der Waals surface area contributed by atoms with Crippen LogP contribution in [0.4, 0.5) is 0 Å². The molecular formula is C33H52O4. The lowest BCUT2D eigenvalue weighted by Crippen LogP contribution is -2.55. The zero-order valence-electron chi connectivity index (χ0n) is 24.5. The molecule has 0 saturated heterocycles. The lowest BCUT2D eigenvalue weighted by Gasteiger charge is -2.48. The average Bonchev–Trinajstić information content (AvgIpc) is 2.95. The van der Waals surface area contributed by atoms with E-state index in [1.165, 1.54) is 0 Å². The van der Waals surface area contributed by atoms with Gasteiger partial charge in [-0.05, 0) is 82.7 Å². The Morgan fingerprint density at radius 3 is 1.16 bits per heavy atom. The molecule has 2 aromatic rings. The van der Waals surface area contributed by atoms with Crippen molar-refractivity contribution in [3.63, 3.8) is 0 Å². The van der Waals surface area contributed by atoms with Gasteiger partial charge in [0.25, 0.3) is 0 Å². The minimum atomic E-state index is -1.81. The molecule has 4 N–H and O–H groups in total. The number of hydrogen-bond donors (Lipinski definition) is 4. The highest BCUT2D eigenvalue weighted by atomic mass is 16.3. The van der Waals surface area contributed by atoms with Gasteiger partial charge in [-0.15, -0.1) is 0 Å². The van der Waals surface area contributed by atoms with E-state index in [9.17, 15) is 20.4 Å². The van der Waals surface area contributed by atoms with Crippen LogP contribution in [0.25, 0.3) is 0 Å². The van der Waals surface area contributed by atoms with Crippen LogP contribution >= 0.6 is 0 Å². The van der Waals surface area contributed by atoms with Gasteiger partial charge in [0.15, 0.2) is 0 Å². The van der Waals surface area contributed by atoms with E-state index in [4.69, 9.17) is 0 Å². The van der Waals surface area contributed by atoms with E-state index in [2.05, 4.69) is 91.8 Å². The van der Waals surface area contributed by atoms with E-state index in [1.807, 2.05) is 0 Å². The van der Waals surface area contributed by atoms with Crippen molar-refractivity contribution in [2.45, 2.75) is 110 Å². The third-order valence-corrected chi connectivity index (χ3v) is 9.26. The normalized spacial score (nSPS) is 17.2. The highest BCUT2D eigenvalue weighted by Crippen LogP contribution is 2.51. The number of benzene rings is 2. The molecule has 0 spiro atoms. The fourth-order valence-corrected chi connectivity index (χ4v) is 5.37. The second-order valence-corrected chi connectivity index (χ2v) is 11.4. The maximum absolute atomic E-state index is 13.2. The fraction of sp³-hybridized carbons (Fsp3) is 0.636. The van der Waals surface area contributed by atoms with E-state index in [1.54, 1.807) is 0 Å². The molecule has 0 aliphatic rings. The van der Waals surface area contributed by atoms with Gasteiger partial charge < -0.3 is 20.4 Å². The van der Waals surface area contributed by atoms with E-state index in [0.717, 1.165) is 47.9 Å². The number of rotatable bonds is 14. The van der Waals surface area contributed by atoms with Crippen LogP contribution in [0.2, 0.25) is 0 Å². The summed E-state index contributed by atoms with van der Waals surface area (Å²) in [4.78, 5) is 0. The van der Waals surface area contributed by atoms with Crippen LogP contribution in [0.15, 0.2) is 36.4 Å². The first-order chi connectivity index (χ1) is 17.5. The molecule has 4 nitrogen and oxygen atoms in total. The highest BCUT2D eigenvalue weighted by Gasteiger charge is 2.54. The zero-order valence-corrected chi connectivity index (χ0v) is 24.5. The van der Waals surface area contributed by atoms with Crippen molar-refractivity contribution < 1.29 is 20.4 Å².